The SMILES string of the molecule is Cc1nc(-c2ccc(C(=O)NCCCN3CCCC[C@@H]3CO)cc2)nn1C. The summed E-state index contributed by atoms with van der Waals surface area (Å²) < 4.78 is 1.74. The van der Waals surface area contributed by atoms with Crippen molar-refractivity contribution in [1.29, 1.82) is 0 Å². The molecule has 1 fully saturated rings. The molecule has 0 aliphatic carbocycles. The van der Waals surface area contributed by atoms with E-state index in [1.807, 2.05) is 38.2 Å². The van der Waals surface area contributed by atoms with Gasteiger partial charge < -0.3 is 10.4 Å². The largest absolute Gasteiger partial charge is 0.395 e. The Bertz CT molecular complexity index is 737. The number of amides is 1. The molecule has 0 bridgehead atoms. The van der Waals surface area contributed by atoms with Crippen LogP contribution in [0.5, 0.6) is 0 Å². The molecule has 1 aliphatic heterocycles. The standard InChI is InChI=1S/C20H29N5O2/c1-15-22-19(23-24(15)2)16-7-9-17(10-8-16)20(27)21-11-5-13-25-12-4-3-6-18(25)14-26/h7-10,18,26H,3-6,11-14H2,1-2H3,(H,21,27)/t18-/m1/s1. The molecule has 1 aromatic carbocycles. The van der Waals surface area contributed by atoms with Gasteiger partial charge >= 0.3 is 0 Å². The number of likely N-dealkylation sites (tertiary alicyclic amines) is 1. The van der Waals surface area contributed by atoms with E-state index in [9.17, 15) is 9.90 Å². The third-order valence-electron chi connectivity index (χ3n) is 5.25. The molecular weight excluding hydrogens is 342 g/mol. The van der Waals surface area contributed by atoms with Crippen LogP contribution in [-0.4, -0.2) is 63.0 Å². The molecule has 1 saturated heterocycles. The van der Waals surface area contributed by atoms with Crippen LogP contribution in [-0.2, 0) is 7.05 Å². The number of hydrogen-bond donors (Lipinski definition) is 2. The van der Waals surface area contributed by atoms with Gasteiger partial charge in [-0.15, -0.1) is 0 Å². The number of aliphatic hydroxyl groups is 1. The minimum Gasteiger partial charge on any atom is -0.395 e. The zero-order valence-corrected chi connectivity index (χ0v) is 16.2. The average molecular weight is 371 g/mol. The second-order valence-corrected chi connectivity index (χ2v) is 7.16. The summed E-state index contributed by atoms with van der Waals surface area (Å²) in [5.74, 6) is 1.45. The van der Waals surface area contributed by atoms with E-state index in [0.29, 0.717) is 17.9 Å². The van der Waals surface area contributed by atoms with Crippen molar-refractivity contribution in [1.82, 2.24) is 25.0 Å². The summed E-state index contributed by atoms with van der Waals surface area (Å²) in [5.41, 5.74) is 1.54. The van der Waals surface area contributed by atoms with Crippen LogP contribution in [0.25, 0.3) is 11.4 Å². The molecule has 1 aliphatic rings. The fraction of sp³-hybridized carbons (Fsp3) is 0.550. The first-order chi connectivity index (χ1) is 13.1. The number of carbonyl (C=O) groups is 1. The highest BCUT2D eigenvalue weighted by Crippen LogP contribution is 2.17. The van der Waals surface area contributed by atoms with Crippen molar-refractivity contribution >= 4 is 5.91 Å². The van der Waals surface area contributed by atoms with Gasteiger partial charge in [0.05, 0.1) is 6.61 Å². The molecule has 0 unspecified atom stereocenters. The summed E-state index contributed by atoms with van der Waals surface area (Å²) in [4.78, 5) is 19.1. The summed E-state index contributed by atoms with van der Waals surface area (Å²) in [6.45, 7) is 4.72. The Hall–Kier alpha value is -2.25. The Kier molecular flexibility index (Phi) is 6.58. The number of nitrogens with zero attached hydrogens (tertiary/aromatic N) is 4. The molecule has 0 radical (unpaired) electrons. The van der Waals surface area contributed by atoms with Crippen LogP contribution in [0.1, 0.15) is 41.9 Å². The highest BCUT2D eigenvalue weighted by Gasteiger charge is 2.20. The molecule has 0 spiro atoms. The molecular formula is C20H29N5O2. The van der Waals surface area contributed by atoms with E-state index in [1.54, 1.807) is 4.68 Å². The van der Waals surface area contributed by atoms with E-state index < -0.39 is 0 Å². The van der Waals surface area contributed by atoms with Gasteiger partial charge in [-0.3, -0.25) is 14.4 Å². The van der Waals surface area contributed by atoms with Gasteiger partial charge in [0.2, 0.25) is 0 Å². The van der Waals surface area contributed by atoms with Gasteiger partial charge in [0, 0.05) is 37.3 Å². The van der Waals surface area contributed by atoms with Crippen LogP contribution >= 0.6 is 0 Å². The Labute approximate surface area is 160 Å². The van der Waals surface area contributed by atoms with Gasteiger partial charge in [-0.2, -0.15) is 5.10 Å². The van der Waals surface area contributed by atoms with E-state index in [2.05, 4.69) is 20.3 Å². The molecule has 2 heterocycles. The predicted molar refractivity (Wildman–Crippen MR) is 104 cm³/mol. The molecule has 2 aromatic rings. The molecule has 2 N–H and O–H groups in total. The zero-order valence-electron chi connectivity index (χ0n) is 16.2. The predicted octanol–water partition coefficient (Wildman–Crippen LogP) is 1.76. The third-order valence-corrected chi connectivity index (χ3v) is 5.25. The highest BCUT2D eigenvalue weighted by molar-refractivity contribution is 5.94. The first-order valence-corrected chi connectivity index (χ1v) is 9.69. The summed E-state index contributed by atoms with van der Waals surface area (Å²) in [6, 6.07) is 7.66. The molecule has 27 heavy (non-hydrogen) atoms. The Balaban J connectivity index is 1.47. The first kappa shape index (κ1) is 19.5. The highest BCUT2D eigenvalue weighted by atomic mass is 16.3. The van der Waals surface area contributed by atoms with Gasteiger partial charge in [-0.25, -0.2) is 4.98 Å². The van der Waals surface area contributed by atoms with Crippen molar-refractivity contribution < 1.29 is 9.90 Å². The molecule has 0 saturated carbocycles. The number of hydrogen-bond acceptors (Lipinski definition) is 5. The van der Waals surface area contributed by atoms with Crippen LogP contribution in [0.4, 0.5) is 0 Å². The lowest BCUT2D eigenvalue weighted by Gasteiger charge is -2.34. The molecule has 3 rings (SSSR count). The summed E-state index contributed by atoms with van der Waals surface area (Å²) in [5, 5.41) is 16.8. The van der Waals surface area contributed by atoms with Crippen molar-refractivity contribution in [3.8, 4) is 11.4 Å². The molecule has 1 aromatic heterocycles. The van der Waals surface area contributed by atoms with E-state index in [1.165, 1.54) is 12.8 Å². The lowest BCUT2D eigenvalue weighted by atomic mass is 10.0. The minimum absolute atomic E-state index is 0.0657. The van der Waals surface area contributed by atoms with E-state index >= 15 is 0 Å². The quantitative estimate of drug-likeness (QED) is 0.725. The fourth-order valence-electron chi connectivity index (χ4n) is 3.50. The van der Waals surface area contributed by atoms with Crippen molar-refractivity contribution in [2.24, 2.45) is 7.05 Å². The van der Waals surface area contributed by atoms with Crippen LogP contribution in [0.3, 0.4) is 0 Å². The number of aliphatic hydroxyl groups excluding tert-OH is 1. The number of aryl methyl sites for hydroxylation is 2. The number of rotatable bonds is 7. The van der Waals surface area contributed by atoms with Crippen LogP contribution in [0.15, 0.2) is 24.3 Å². The molecule has 7 nitrogen and oxygen atoms in total. The summed E-state index contributed by atoms with van der Waals surface area (Å²) >= 11 is 0. The van der Waals surface area contributed by atoms with Gasteiger partial charge in [-0.1, -0.05) is 18.6 Å². The maximum absolute atomic E-state index is 12.3. The normalized spacial score (nSPS) is 17.8. The summed E-state index contributed by atoms with van der Waals surface area (Å²) in [7, 11) is 1.86. The smallest absolute Gasteiger partial charge is 0.251 e. The number of benzene rings is 1. The van der Waals surface area contributed by atoms with Crippen molar-refractivity contribution in [3.63, 3.8) is 0 Å². The second-order valence-electron chi connectivity index (χ2n) is 7.16. The Morgan fingerprint density at radius 2 is 2.07 bits per heavy atom. The maximum atomic E-state index is 12.3. The third kappa shape index (κ3) is 4.93. The van der Waals surface area contributed by atoms with E-state index in [0.717, 1.165) is 37.3 Å². The number of piperidine rings is 1. The van der Waals surface area contributed by atoms with Gasteiger partial charge in [0.1, 0.15) is 5.82 Å². The molecule has 1 atom stereocenters. The van der Waals surface area contributed by atoms with Crippen LogP contribution in [0, 0.1) is 6.92 Å². The number of carbonyl (C=O) groups excluding carboxylic acids is 1. The van der Waals surface area contributed by atoms with E-state index in [4.69, 9.17) is 0 Å². The second kappa shape index (κ2) is 9.10. The number of nitrogens with one attached hydrogen (secondary N) is 1. The molecule has 7 heteroatoms. The van der Waals surface area contributed by atoms with Crippen LogP contribution < -0.4 is 5.32 Å². The fourth-order valence-corrected chi connectivity index (χ4v) is 3.50. The number of aromatic nitrogens is 3. The van der Waals surface area contributed by atoms with Gasteiger partial charge in [0.15, 0.2) is 5.82 Å². The Morgan fingerprint density at radius 3 is 2.74 bits per heavy atom. The van der Waals surface area contributed by atoms with Crippen molar-refractivity contribution in [2.45, 2.75) is 38.6 Å². The van der Waals surface area contributed by atoms with Gasteiger partial charge in [0.25, 0.3) is 5.91 Å². The van der Waals surface area contributed by atoms with Gasteiger partial charge in [-0.05, 0) is 44.9 Å². The van der Waals surface area contributed by atoms with Crippen molar-refractivity contribution in [2.75, 3.05) is 26.2 Å². The van der Waals surface area contributed by atoms with Crippen LogP contribution in [0.2, 0.25) is 0 Å². The minimum atomic E-state index is -0.0657. The molecule has 1 amide bonds. The topological polar surface area (TPSA) is 83.3 Å². The first-order valence-electron chi connectivity index (χ1n) is 9.69. The summed E-state index contributed by atoms with van der Waals surface area (Å²) in [6.07, 6.45) is 4.35. The molecule has 146 valence electrons. The Morgan fingerprint density at radius 1 is 1.30 bits per heavy atom. The monoisotopic (exact) mass is 371 g/mol. The maximum Gasteiger partial charge on any atom is 0.251 e. The zero-order chi connectivity index (χ0) is 19.2. The lowest BCUT2D eigenvalue weighted by molar-refractivity contribution is 0.0868. The van der Waals surface area contributed by atoms with E-state index in [-0.39, 0.29) is 18.6 Å². The lowest BCUT2D eigenvalue weighted by Crippen LogP contribution is -2.43. The average Bonchev–Trinajstić information content (AvgIpc) is 3.04. The van der Waals surface area contributed by atoms with Crippen molar-refractivity contribution in [3.05, 3.63) is 35.7 Å².